The van der Waals surface area contributed by atoms with Crippen LogP contribution in [0, 0.1) is 6.92 Å². The lowest BCUT2D eigenvalue weighted by Gasteiger charge is -2.34. The van der Waals surface area contributed by atoms with Crippen molar-refractivity contribution < 1.29 is 19.1 Å². The molecule has 4 rings (SSSR count). The lowest BCUT2D eigenvalue weighted by molar-refractivity contribution is -0.135. The third kappa shape index (κ3) is 4.28. The molecular formula is C24H32N4O5. The summed E-state index contributed by atoms with van der Waals surface area (Å²) < 4.78 is 8.60. The standard InChI is InChI=1S/C24H32N4O5/c1-14-16(15-10-12-27(13-11-15)23(32)33-24(2,3)4)6-7-17-20(14)26(5)22(31)28(17)18-8-9-19(29)25-21(18)30/h6-7,15,18H,8-13H2,1-5H3,(H,25,29,30). The molecule has 0 saturated carbocycles. The van der Waals surface area contributed by atoms with Gasteiger partial charge in [-0.25, -0.2) is 9.59 Å². The monoisotopic (exact) mass is 456 g/mol. The van der Waals surface area contributed by atoms with E-state index < -0.39 is 17.6 Å². The maximum atomic E-state index is 13.1. The van der Waals surface area contributed by atoms with E-state index in [1.807, 2.05) is 39.8 Å². The Balaban J connectivity index is 1.60. The van der Waals surface area contributed by atoms with Crippen LogP contribution in [0.15, 0.2) is 16.9 Å². The molecule has 1 aromatic carbocycles. The largest absolute Gasteiger partial charge is 0.444 e. The minimum absolute atomic E-state index is 0.215. The summed E-state index contributed by atoms with van der Waals surface area (Å²) in [6.45, 7) is 8.83. The van der Waals surface area contributed by atoms with Gasteiger partial charge in [0.25, 0.3) is 0 Å². The lowest BCUT2D eigenvalue weighted by Crippen LogP contribution is -2.44. The molecule has 0 spiro atoms. The first-order chi connectivity index (χ1) is 15.5. The summed E-state index contributed by atoms with van der Waals surface area (Å²) in [6.07, 6.45) is 1.87. The Morgan fingerprint density at radius 2 is 1.76 bits per heavy atom. The van der Waals surface area contributed by atoms with E-state index >= 15 is 0 Å². The number of amides is 3. The number of carbonyl (C=O) groups is 3. The number of nitrogens with one attached hydrogen (secondary N) is 1. The fourth-order valence-corrected chi connectivity index (χ4v) is 5.05. The van der Waals surface area contributed by atoms with E-state index in [2.05, 4.69) is 5.32 Å². The lowest BCUT2D eigenvalue weighted by atomic mass is 9.86. The number of aromatic nitrogens is 2. The number of imidazole rings is 1. The zero-order valence-corrected chi connectivity index (χ0v) is 19.9. The Labute approximate surface area is 192 Å². The minimum Gasteiger partial charge on any atom is -0.444 e. The quantitative estimate of drug-likeness (QED) is 0.700. The molecule has 2 saturated heterocycles. The summed E-state index contributed by atoms with van der Waals surface area (Å²) in [5, 5.41) is 2.34. The van der Waals surface area contributed by atoms with E-state index in [0.717, 1.165) is 29.5 Å². The van der Waals surface area contributed by atoms with Crippen molar-refractivity contribution >= 4 is 28.9 Å². The fraction of sp³-hybridized carbons (Fsp3) is 0.583. The third-order valence-corrected chi connectivity index (χ3v) is 6.65. The van der Waals surface area contributed by atoms with Gasteiger partial charge in [0.1, 0.15) is 11.6 Å². The third-order valence-electron chi connectivity index (χ3n) is 6.65. The number of imide groups is 1. The zero-order chi connectivity index (χ0) is 24.1. The van der Waals surface area contributed by atoms with Crippen molar-refractivity contribution in [3.05, 3.63) is 33.7 Å². The highest BCUT2D eigenvalue weighted by Gasteiger charge is 2.33. The van der Waals surface area contributed by atoms with E-state index in [1.165, 1.54) is 4.57 Å². The van der Waals surface area contributed by atoms with E-state index in [4.69, 9.17) is 4.74 Å². The first kappa shape index (κ1) is 23.1. The van der Waals surface area contributed by atoms with E-state index in [9.17, 15) is 19.2 Å². The molecule has 0 bridgehead atoms. The van der Waals surface area contributed by atoms with Crippen LogP contribution in [-0.2, 0) is 21.4 Å². The van der Waals surface area contributed by atoms with Crippen LogP contribution in [0.4, 0.5) is 4.79 Å². The molecule has 2 aliphatic heterocycles. The predicted octanol–water partition coefficient (Wildman–Crippen LogP) is 2.74. The summed E-state index contributed by atoms with van der Waals surface area (Å²) in [5.74, 6) is -0.472. The second-order valence-corrected chi connectivity index (χ2v) is 10.1. The van der Waals surface area contributed by atoms with Crippen molar-refractivity contribution in [2.24, 2.45) is 7.05 Å². The van der Waals surface area contributed by atoms with Gasteiger partial charge >= 0.3 is 11.8 Å². The second kappa shape index (κ2) is 8.35. The molecule has 2 aromatic rings. The van der Waals surface area contributed by atoms with Gasteiger partial charge < -0.3 is 9.64 Å². The zero-order valence-electron chi connectivity index (χ0n) is 19.9. The van der Waals surface area contributed by atoms with Gasteiger partial charge in [-0.3, -0.25) is 24.0 Å². The summed E-state index contributed by atoms with van der Waals surface area (Å²) in [6, 6.07) is 3.25. The van der Waals surface area contributed by atoms with Gasteiger partial charge in [0, 0.05) is 26.6 Å². The molecule has 3 amide bonds. The van der Waals surface area contributed by atoms with Crippen molar-refractivity contribution in [2.45, 2.75) is 70.9 Å². The number of nitrogens with zero attached hydrogens (tertiary/aromatic N) is 3. The SMILES string of the molecule is Cc1c(C2CCN(C(=O)OC(C)(C)C)CC2)ccc2c1n(C)c(=O)n2C1CCC(=O)NC1=O. The number of likely N-dealkylation sites (tertiary alicyclic amines) is 1. The number of fused-ring (bicyclic) bond motifs is 1. The van der Waals surface area contributed by atoms with E-state index in [-0.39, 0.29) is 30.0 Å². The van der Waals surface area contributed by atoms with Crippen LogP contribution < -0.4 is 11.0 Å². The maximum absolute atomic E-state index is 13.1. The molecule has 0 radical (unpaired) electrons. The number of carbonyl (C=O) groups excluding carboxylic acids is 3. The molecule has 1 atom stereocenters. The van der Waals surface area contributed by atoms with Crippen LogP contribution in [0.3, 0.4) is 0 Å². The molecular weight excluding hydrogens is 424 g/mol. The Morgan fingerprint density at radius 1 is 1.09 bits per heavy atom. The average Bonchev–Trinajstić information content (AvgIpc) is 2.98. The summed E-state index contributed by atoms with van der Waals surface area (Å²) in [7, 11) is 1.72. The van der Waals surface area contributed by atoms with E-state index in [0.29, 0.717) is 25.0 Å². The average molecular weight is 457 g/mol. The number of ether oxygens (including phenoxy) is 1. The molecule has 1 aromatic heterocycles. The summed E-state index contributed by atoms with van der Waals surface area (Å²) in [4.78, 5) is 51.2. The molecule has 178 valence electrons. The number of hydrogen-bond acceptors (Lipinski definition) is 5. The molecule has 33 heavy (non-hydrogen) atoms. The van der Waals surface area contributed by atoms with Crippen LogP contribution in [-0.4, -0.2) is 50.6 Å². The first-order valence-corrected chi connectivity index (χ1v) is 11.5. The fourth-order valence-electron chi connectivity index (χ4n) is 5.05. The normalized spacial score (nSPS) is 20.3. The number of rotatable bonds is 2. The second-order valence-electron chi connectivity index (χ2n) is 10.1. The van der Waals surface area contributed by atoms with Gasteiger partial charge in [-0.2, -0.15) is 0 Å². The van der Waals surface area contributed by atoms with Crippen LogP contribution in [0.25, 0.3) is 11.0 Å². The number of hydrogen-bond donors (Lipinski definition) is 1. The highest BCUT2D eigenvalue weighted by Crippen LogP contribution is 2.34. The van der Waals surface area contributed by atoms with Gasteiger partial charge in [-0.15, -0.1) is 0 Å². The molecule has 1 unspecified atom stereocenters. The molecule has 2 aliphatic rings. The Bertz CT molecular complexity index is 1180. The molecule has 9 heteroatoms. The highest BCUT2D eigenvalue weighted by atomic mass is 16.6. The molecule has 2 fully saturated rings. The minimum atomic E-state index is -0.693. The van der Waals surface area contributed by atoms with Crippen LogP contribution in [0.1, 0.15) is 69.5 Å². The van der Waals surface area contributed by atoms with Gasteiger partial charge in [0.05, 0.1) is 11.0 Å². The van der Waals surface area contributed by atoms with Gasteiger partial charge in [0.2, 0.25) is 11.8 Å². The number of aryl methyl sites for hydroxylation is 2. The van der Waals surface area contributed by atoms with Gasteiger partial charge in [-0.1, -0.05) is 6.07 Å². The van der Waals surface area contributed by atoms with Crippen molar-refractivity contribution in [3.8, 4) is 0 Å². The Hall–Kier alpha value is -3.10. The van der Waals surface area contributed by atoms with Crippen LogP contribution in [0.2, 0.25) is 0 Å². The first-order valence-electron chi connectivity index (χ1n) is 11.5. The molecule has 9 nitrogen and oxygen atoms in total. The summed E-state index contributed by atoms with van der Waals surface area (Å²) in [5.41, 5.74) is 2.88. The van der Waals surface area contributed by atoms with Gasteiger partial charge in [-0.05, 0) is 70.1 Å². The van der Waals surface area contributed by atoms with Crippen molar-refractivity contribution in [2.75, 3.05) is 13.1 Å². The Morgan fingerprint density at radius 3 is 2.36 bits per heavy atom. The number of benzene rings is 1. The highest BCUT2D eigenvalue weighted by molar-refractivity contribution is 6.00. The maximum Gasteiger partial charge on any atom is 0.410 e. The van der Waals surface area contributed by atoms with Crippen molar-refractivity contribution in [1.29, 1.82) is 0 Å². The van der Waals surface area contributed by atoms with Crippen LogP contribution >= 0.6 is 0 Å². The molecule has 1 N–H and O–H groups in total. The van der Waals surface area contributed by atoms with Crippen molar-refractivity contribution in [1.82, 2.24) is 19.4 Å². The van der Waals surface area contributed by atoms with Crippen LogP contribution in [0.5, 0.6) is 0 Å². The van der Waals surface area contributed by atoms with E-state index in [1.54, 1.807) is 16.5 Å². The Kier molecular flexibility index (Phi) is 5.84. The van der Waals surface area contributed by atoms with Crippen molar-refractivity contribution in [3.63, 3.8) is 0 Å². The van der Waals surface area contributed by atoms with Gasteiger partial charge in [0.15, 0.2) is 0 Å². The number of piperidine rings is 2. The topological polar surface area (TPSA) is 103 Å². The molecule has 0 aliphatic carbocycles. The summed E-state index contributed by atoms with van der Waals surface area (Å²) >= 11 is 0. The smallest absolute Gasteiger partial charge is 0.410 e. The molecule has 3 heterocycles. The predicted molar refractivity (Wildman–Crippen MR) is 123 cm³/mol.